The van der Waals surface area contributed by atoms with Gasteiger partial charge in [-0.05, 0) is 15.6 Å². The van der Waals surface area contributed by atoms with Gasteiger partial charge >= 0.3 is 0 Å². The van der Waals surface area contributed by atoms with Crippen LogP contribution >= 0.6 is 0 Å². The van der Waals surface area contributed by atoms with Crippen LogP contribution in [0.5, 0.6) is 0 Å². The second kappa shape index (κ2) is 3.71. The molecule has 0 aliphatic carbocycles. The maximum Gasteiger partial charge on any atom is 0.222 e. The molecule has 0 unspecified atom stereocenters. The minimum absolute atomic E-state index is 0.401. The van der Waals surface area contributed by atoms with Gasteiger partial charge < -0.3 is 5.21 Å². The summed E-state index contributed by atoms with van der Waals surface area (Å²) in [5.41, 5.74) is 0.911. The lowest BCUT2D eigenvalue weighted by atomic mass is 10.2. The van der Waals surface area contributed by atoms with E-state index in [1.165, 1.54) is 5.19 Å². The molecular weight excluding hydrogens is 220 g/mol. The van der Waals surface area contributed by atoms with Gasteiger partial charge in [-0.3, -0.25) is 0 Å². The zero-order valence-electron chi connectivity index (χ0n) is 9.55. The molecule has 0 spiro atoms. The van der Waals surface area contributed by atoms with Crippen LogP contribution in [0.4, 0.5) is 0 Å². The molecule has 2 aromatic rings. The normalized spacial score (nSPS) is 11.7. The lowest BCUT2D eigenvalue weighted by Gasteiger charge is -2.19. The number of hydrogen-bond acceptors (Lipinski definition) is 4. The zero-order valence-corrected chi connectivity index (χ0v) is 10.5. The van der Waals surface area contributed by atoms with Gasteiger partial charge in [0, 0.05) is 5.56 Å². The molecule has 1 heterocycles. The average Bonchev–Trinajstić information content (AvgIpc) is 2.63. The van der Waals surface area contributed by atoms with E-state index in [2.05, 4.69) is 41.2 Å². The summed E-state index contributed by atoms with van der Waals surface area (Å²) in [7, 11) is -1.48. The highest BCUT2D eigenvalue weighted by atomic mass is 28.3. The average molecular weight is 234 g/mol. The zero-order chi connectivity index (χ0) is 11.8. The van der Waals surface area contributed by atoms with Crippen LogP contribution in [-0.4, -0.2) is 33.7 Å². The van der Waals surface area contributed by atoms with Crippen molar-refractivity contribution in [2.24, 2.45) is 0 Å². The fourth-order valence-corrected chi connectivity index (χ4v) is 3.28. The molecule has 0 fully saturated rings. The first-order valence-electron chi connectivity index (χ1n) is 5.07. The number of tetrazole rings is 1. The highest BCUT2D eigenvalue weighted by molar-refractivity contribution is 6.89. The molecule has 6 heteroatoms. The topological polar surface area (TPSA) is 63.8 Å². The highest BCUT2D eigenvalue weighted by Crippen LogP contribution is 2.16. The van der Waals surface area contributed by atoms with Crippen LogP contribution in [-0.2, 0) is 0 Å². The van der Waals surface area contributed by atoms with E-state index in [0.29, 0.717) is 5.82 Å². The van der Waals surface area contributed by atoms with E-state index in [-0.39, 0.29) is 0 Å². The molecule has 0 saturated heterocycles. The summed E-state index contributed by atoms with van der Waals surface area (Å²) in [6.45, 7) is 6.74. The first-order valence-corrected chi connectivity index (χ1v) is 8.57. The van der Waals surface area contributed by atoms with Gasteiger partial charge in [-0.25, -0.2) is 0 Å². The maximum absolute atomic E-state index is 9.49. The fourth-order valence-electron chi connectivity index (χ4n) is 1.68. The minimum atomic E-state index is -1.48. The first kappa shape index (κ1) is 10.8. The standard InChI is InChI=1S/C10H14N4OSi/c1-16(2,3)9-7-5-4-6-8(9)10-11-12-13-14(10)15/h4-7,15H,1-3H3. The molecule has 1 aromatic heterocycles. The fraction of sp³-hybridized carbons (Fsp3) is 0.300. The van der Waals surface area contributed by atoms with Crippen molar-refractivity contribution in [3.63, 3.8) is 0 Å². The summed E-state index contributed by atoms with van der Waals surface area (Å²) >= 11 is 0. The SMILES string of the molecule is C[Si](C)(C)c1ccccc1-c1nnnn1O. The number of aromatic nitrogens is 4. The Morgan fingerprint density at radius 2 is 1.88 bits per heavy atom. The highest BCUT2D eigenvalue weighted by Gasteiger charge is 2.23. The molecule has 0 aliphatic heterocycles. The Labute approximate surface area is 94.7 Å². The Bertz CT molecular complexity index is 504. The van der Waals surface area contributed by atoms with Crippen LogP contribution in [0, 0.1) is 0 Å². The van der Waals surface area contributed by atoms with Crippen LogP contribution < -0.4 is 5.19 Å². The summed E-state index contributed by atoms with van der Waals surface area (Å²) in [6, 6.07) is 7.94. The molecule has 0 bridgehead atoms. The third kappa shape index (κ3) is 1.83. The van der Waals surface area contributed by atoms with Gasteiger partial charge in [0.25, 0.3) is 0 Å². The van der Waals surface area contributed by atoms with E-state index in [0.717, 1.165) is 10.4 Å². The quantitative estimate of drug-likeness (QED) is 0.625. The van der Waals surface area contributed by atoms with Gasteiger partial charge in [-0.1, -0.05) is 48.8 Å². The smallest absolute Gasteiger partial charge is 0.222 e. The molecule has 0 radical (unpaired) electrons. The lowest BCUT2D eigenvalue weighted by molar-refractivity contribution is 0.147. The predicted molar refractivity (Wildman–Crippen MR) is 63.4 cm³/mol. The Balaban J connectivity index is 2.62. The van der Waals surface area contributed by atoms with Crippen LogP contribution in [0.1, 0.15) is 0 Å². The Hall–Kier alpha value is -1.69. The summed E-state index contributed by atoms with van der Waals surface area (Å²) in [5.74, 6) is 0.401. The van der Waals surface area contributed by atoms with Crippen molar-refractivity contribution in [3.05, 3.63) is 24.3 Å². The van der Waals surface area contributed by atoms with E-state index in [9.17, 15) is 5.21 Å². The van der Waals surface area contributed by atoms with Crippen molar-refractivity contribution >= 4 is 13.3 Å². The van der Waals surface area contributed by atoms with Crippen molar-refractivity contribution in [1.82, 2.24) is 20.4 Å². The van der Waals surface area contributed by atoms with Crippen molar-refractivity contribution < 1.29 is 5.21 Å². The molecule has 16 heavy (non-hydrogen) atoms. The second-order valence-electron chi connectivity index (χ2n) is 4.69. The maximum atomic E-state index is 9.49. The Kier molecular flexibility index (Phi) is 2.51. The summed E-state index contributed by atoms with van der Waals surface area (Å²) in [4.78, 5) is 0.721. The summed E-state index contributed by atoms with van der Waals surface area (Å²) < 4.78 is 0. The largest absolute Gasteiger partial charge is 0.409 e. The van der Waals surface area contributed by atoms with Crippen LogP contribution in [0.15, 0.2) is 24.3 Å². The third-order valence-electron chi connectivity index (χ3n) is 2.43. The molecule has 5 nitrogen and oxygen atoms in total. The molecular formula is C10H14N4OSi. The van der Waals surface area contributed by atoms with E-state index >= 15 is 0 Å². The third-order valence-corrected chi connectivity index (χ3v) is 4.48. The van der Waals surface area contributed by atoms with Crippen molar-refractivity contribution in [3.8, 4) is 11.4 Å². The van der Waals surface area contributed by atoms with Crippen molar-refractivity contribution in [1.29, 1.82) is 0 Å². The second-order valence-corrected chi connectivity index (χ2v) is 9.73. The molecule has 1 N–H and O–H groups in total. The predicted octanol–water partition coefficient (Wildman–Crippen LogP) is 1.12. The molecule has 1 aromatic carbocycles. The van der Waals surface area contributed by atoms with Crippen LogP contribution in [0.25, 0.3) is 11.4 Å². The molecule has 0 amide bonds. The van der Waals surface area contributed by atoms with E-state index < -0.39 is 8.07 Å². The summed E-state index contributed by atoms with van der Waals surface area (Å²) in [5, 5.41) is 21.5. The van der Waals surface area contributed by atoms with Gasteiger partial charge in [-0.15, -0.1) is 5.10 Å². The van der Waals surface area contributed by atoms with E-state index in [4.69, 9.17) is 0 Å². The molecule has 0 saturated carbocycles. The summed E-state index contributed by atoms with van der Waals surface area (Å²) in [6.07, 6.45) is 0. The van der Waals surface area contributed by atoms with E-state index in [1.54, 1.807) is 0 Å². The van der Waals surface area contributed by atoms with Gasteiger partial charge in [0.15, 0.2) is 0 Å². The molecule has 84 valence electrons. The molecule has 0 aliphatic rings. The van der Waals surface area contributed by atoms with E-state index in [1.807, 2.05) is 18.2 Å². The Morgan fingerprint density at radius 1 is 1.19 bits per heavy atom. The first-order chi connectivity index (χ1) is 7.50. The lowest BCUT2D eigenvalue weighted by Crippen LogP contribution is -2.39. The van der Waals surface area contributed by atoms with Crippen molar-refractivity contribution in [2.75, 3.05) is 0 Å². The number of nitrogens with zero attached hydrogens (tertiary/aromatic N) is 4. The number of hydrogen-bond donors (Lipinski definition) is 1. The van der Waals surface area contributed by atoms with Gasteiger partial charge in [0.05, 0.1) is 8.07 Å². The Morgan fingerprint density at radius 3 is 2.44 bits per heavy atom. The van der Waals surface area contributed by atoms with Gasteiger partial charge in [0.2, 0.25) is 5.82 Å². The molecule has 2 rings (SSSR count). The van der Waals surface area contributed by atoms with Gasteiger partial charge in [-0.2, -0.15) is 0 Å². The van der Waals surface area contributed by atoms with Crippen molar-refractivity contribution in [2.45, 2.75) is 19.6 Å². The minimum Gasteiger partial charge on any atom is -0.409 e. The monoisotopic (exact) mass is 234 g/mol. The number of benzene rings is 1. The number of rotatable bonds is 2. The van der Waals surface area contributed by atoms with Crippen LogP contribution in [0.2, 0.25) is 19.6 Å². The van der Waals surface area contributed by atoms with Gasteiger partial charge in [0.1, 0.15) is 0 Å². The van der Waals surface area contributed by atoms with Crippen LogP contribution in [0.3, 0.4) is 0 Å². The molecule has 0 atom stereocenters.